The van der Waals surface area contributed by atoms with Crippen molar-refractivity contribution in [2.45, 2.75) is 0 Å². The van der Waals surface area contributed by atoms with Gasteiger partial charge in [0.25, 0.3) is 0 Å². The molecule has 0 saturated carbocycles. The quantitative estimate of drug-likeness (QED) is 0.564. The summed E-state index contributed by atoms with van der Waals surface area (Å²) in [5, 5.41) is 0. The molecule has 0 atom stereocenters. The first kappa shape index (κ1) is 14.8. The molecular formula is C12H17O3P. The topological polar surface area (TPSA) is 35.5 Å². The number of rotatable bonds is 6. The highest BCUT2D eigenvalue weighted by atomic mass is 31.1. The van der Waals surface area contributed by atoms with Crippen molar-refractivity contribution in [1.29, 1.82) is 0 Å². The lowest BCUT2D eigenvalue weighted by Crippen LogP contribution is -1.84. The molecule has 0 heterocycles. The van der Waals surface area contributed by atoms with Gasteiger partial charge in [0.1, 0.15) is 0 Å². The van der Waals surface area contributed by atoms with Crippen molar-refractivity contribution >= 4 is 8.25 Å². The molecule has 4 heteroatoms. The first-order chi connectivity index (χ1) is 7.81. The average Bonchev–Trinajstić information content (AvgIpc) is 2.36. The van der Waals surface area contributed by atoms with Crippen LogP contribution in [0.15, 0.2) is 61.7 Å². The first-order valence-electron chi connectivity index (χ1n) is 4.82. The molecular weight excluding hydrogens is 223 g/mol. The van der Waals surface area contributed by atoms with Crippen LogP contribution in [0.2, 0.25) is 0 Å². The van der Waals surface area contributed by atoms with Gasteiger partial charge in [-0.05, 0) is 0 Å². The molecule has 0 amide bonds. The number of hydrogen-bond acceptors (Lipinski definition) is 3. The molecule has 88 valence electrons. The van der Waals surface area contributed by atoms with Gasteiger partial charge in [-0.2, -0.15) is 0 Å². The summed E-state index contributed by atoms with van der Waals surface area (Å²) in [4.78, 5) is 0. The highest BCUT2D eigenvalue weighted by Gasteiger charge is 1.93. The van der Waals surface area contributed by atoms with Crippen LogP contribution in [-0.2, 0) is 13.6 Å². The van der Waals surface area contributed by atoms with Crippen molar-refractivity contribution in [3.63, 3.8) is 0 Å². The Balaban J connectivity index is 0.000000315. The van der Waals surface area contributed by atoms with Gasteiger partial charge in [0.15, 0.2) is 0 Å². The predicted molar refractivity (Wildman–Crippen MR) is 67.7 cm³/mol. The predicted octanol–water partition coefficient (Wildman–Crippen LogP) is 3.47. The third kappa shape index (κ3) is 10.9. The molecule has 0 spiro atoms. The molecule has 16 heavy (non-hydrogen) atoms. The lowest BCUT2D eigenvalue weighted by atomic mass is 10.4. The summed E-state index contributed by atoms with van der Waals surface area (Å²) in [5.41, 5.74) is 0. The molecule has 0 saturated heterocycles. The van der Waals surface area contributed by atoms with Crippen LogP contribution < -0.4 is 0 Å². The van der Waals surface area contributed by atoms with E-state index in [0.717, 1.165) is 0 Å². The second kappa shape index (κ2) is 11.9. The molecule has 1 aromatic rings. The van der Waals surface area contributed by atoms with Gasteiger partial charge in [0.2, 0.25) is 0 Å². The molecule has 0 aromatic heterocycles. The van der Waals surface area contributed by atoms with Gasteiger partial charge in [-0.15, -0.1) is 13.2 Å². The standard InChI is InChI=1S/C6H11O3P.C6H6/c1-3-5-8-10(7)9-6-4-2;1-2-4-6-5-3-1/h3-4,10H,1-2,5-6H2;1-6H. The lowest BCUT2D eigenvalue weighted by Gasteiger charge is -1.98. The molecule has 0 aliphatic rings. The molecule has 1 rings (SSSR count). The van der Waals surface area contributed by atoms with Crippen LogP contribution in [0.25, 0.3) is 0 Å². The summed E-state index contributed by atoms with van der Waals surface area (Å²) in [7, 11) is -2.31. The molecule has 0 fully saturated rings. The van der Waals surface area contributed by atoms with E-state index in [9.17, 15) is 4.57 Å². The fourth-order valence-electron chi connectivity index (χ4n) is 0.681. The minimum absolute atomic E-state index is 0.259. The fraction of sp³-hybridized carbons (Fsp3) is 0.167. The maximum absolute atomic E-state index is 10.6. The highest BCUT2D eigenvalue weighted by molar-refractivity contribution is 7.33. The average molecular weight is 240 g/mol. The van der Waals surface area contributed by atoms with Crippen LogP contribution in [-0.4, -0.2) is 13.2 Å². The van der Waals surface area contributed by atoms with Gasteiger partial charge in [0.05, 0.1) is 13.2 Å². The van der Waals surface area contributed by atoms with Crippen molar-refractivity contribution in [3.05, 3.63) is 61.7 Å². The van der Waals surface area contributed by atoms with Gasteiger partial charge < -0.3 is 9.05 Å². The van der Waals surface area contributed by atoms with E-state index in [0.29, 0.717) is 0 Å². The van der Waals surface area contributed by atoms with Crippen molar-refractivity contribution in [2.75, 3.05) is 13.2 Å². The van der Waals surface area contributed by atoms with E-state index in [1.807, 2.05) is 36.4 Å². The van der Waals surface area contributed by atoms with Crippen LogP contribution in [0.4, 0.5) is 0 Å². The Bertz CT molecular complexity index is 258. The Morgan fingerprint density at radius 3 is 1.44 bits per heavy atom. The third-order valence-corrected chi connectivity index (χ3v) is 2.11. The summed E-state index contributed by atoms with van der Waals surface area (Å²) in [5.74, 6) is 0. The van der Waals surface area contributed by atoms with E-state index in [1.165, 1.54) is 12.2 Å². The monoisotopic (exact) mass is 240 g/mol. The maximum atomic E-state index is 10.6. The van der Waals surface area contributed by atoms with Crippen LogP contribution >= 0.6 is 8.25 Å². The van der Waals surface area contributed by atoms with Crippen molar-refractivity contribution in [2.24, 2.45) is 0 Å². The molecule has 0 aliphatic carbocycles. The smallest absolute Gasteiger partial charge is 0.306 e. The van der Waals surface area contributed by atoms with Crippen LogP contribution in [0.1, 0.15) is 0 Å². The second-order valence-corrected chi connectivity index (χ2v) is 3.68. The van der Waals surface area contributed by atoms with Gasteiger partial charge in [0, 0.05) is 0 Å². The van der Waals surface area contributed by atoms with Crippen LogP contribution in [0.5, 0.6) is 0 Å². The Hall–Kier alpha value is -1.15. The minimum Gasteiger partial charge on any atom is -0.306 e. The normalized spacial score (nSPS) is 9.06. The zero-order chi connectivity index (χ0) is 12.1. The zero-order valence-electron chi connectivity index (χ0n) is 9.17. The third-order valence-electron chi connectivity index (χ3n) is 1.30. The van der Waals surface area contributed by atoms with Crippen molar-refractivity contribution in [3.8, 4) is 0 Å². The largest absolute Gasteiger partial charge is 0.319 e. The Morgan fingerprint density at radius 2 is 1.19 bits per heavy atom. The summed E-state index contributed by atoms with van der Waals surface area (Å²) >= 11 is 0. The Morgan fingerprint density at radius 1 is 0.875 bits per heavy atom. The van der Waals surface area contributed by atoms with Gasteiger partial charge in [-0.25, -0.2) is 0 Å². The summed E-state index contributed by atoms with van der Waals surface area (Å²) in [6, 6.07) is 12.0. The molecule has 0 bridgehead atoms. The van der Waals surface area contributed by atoms with E-state index in [1.54, 1.807) is 0 Å². The molecule has 0 unspecified atom stereocenters. The minimum atomic E-state index is -2.31. The van der Waals surface area contributed by atoms with Crippen LogP contribution in [0, 0.1) is 0 Å². The van der Waals surface area contributed by atoms with Crippen molar-refractivity contribution < 1.29 is 13.6 Å². The molecule has 0 aliphatic heterocycles. The lowest BCUT2D eigenvalue weighted by molar-refractivity contribution is 0.261. The molecule has 0 radical (unpaired) electrons. The van der Waals surface area contributed by atoms with E-state index < -0.39 is 8.25 Å². The summed E-state index contributed by atoms with van der Waals surface area (Å²) in [6.07, 6.45) is 3.03. The Labute approximate surface area is 97.4 Å². The fourth-order valence-corrected chi connectivity index (χ4v) is 1.27. The van der Waals surface area contributed by atoms with Gasteiger partial charge in [-0.1, -0.05) is 48.6 Å². The van der Waals surface area contributed by atoms with Gasteiger partial charge >= 0.3 is 8.25 Å². The van der Waals surface area contributed by atoms with E-state index in [2.05, 4.69) is 22.2 Å². The zero-order valence-corrected chi connectivity index (χ0v) is 10.2. The second-order valence-electron chi connectivity index (χ2n) is 2.60. The number of benzene rings is 1. The first-order valence-corrected chi connectivity index (χ1v) is 6.05. The molecule has 0 N–H and O–H groups in total. The SMILES string of the molecule is C=CCO[PH](=O)OCC=C.c1ccccc1. The summed E-state index contributed by atoms with van der Waals surface area (Å²) < 4.78 is 19.9. The molecule has 3 nitrogen and oxygen atoms in total. The van der Waals surface area contributed by atoms with E-state index in [-0.39, 0.29) is 13.2 Å². The van der Waals surface area contributed by atoms with E-state index >= 15 is 0 Å². The highest BCUT2D eigenvalue weighted by Crippen LogP contribution is 2.22. The summed E-state index contributed by atoms with van der Waals surface area (Å²) in [6.45, 7) is 7.30. The van der Waals surface area contributed by atoms with Crippen LogP contribution in [0.3, 0.4) is 0 Å². The van der Waals surface area contributed by atoms with E-state index in [4.69, 9.17) is 0 Å². The van der Waals surface area contributed by atoms with Crippen molar-refractivity contribution in [1.82, 2.24) is 0 Å². The Kier molecular flexibility index (Phi) is 11.1. The van der Waals surface area contributed by atoms with Gasteiger partial charge in [-0.3, -0.25) is 4.57 Å². The number of hydrogen-bond donors (Lipinski definition) is 0. The molecule has 1 aromatic carbocycles. The maximum Gasteiger partial charge on any atom is 0.319 e.